The Bertz CT molecular complexity index is 1940. The summed E-state index contributed by atoms with van der Waals surface area (Å²) in [6, 6.07) is 0. The summed E-state index contributed by atoms with van der Waals surface area (Å²) in [5, 5.41) is 22.7. The normalized spacial score (nSPS) is 41.7. The Morgan fingerprint density at radius 3 is 2.11 bits per heavy atom. The van der Waals surface area contributed by atoms with Crippen molar-refractivity contribution in [1.29, 1.82) is 0 Å². The van der Waals surface area contributed by atoms with Gasteiger partial charge in [0, 0.05) is 6.42 Å². The van der Waals surface area contributed by atoms with Crippen LogP contribution < -0.4 is 11.5 Å². The molecule has 7 heterocycles. The molecule has 0 bridgehead atoms. The maximum atomic E-state index is 13.6. The number of aromatic nitrogens is 8. The van der Waals surface area contributed by atoms with Crippen LogP contribution in [0.4, 0.5) is 11.6 Å². The van der Waals surface area contributed by atoms with Gasteiger partial charge in [0.1, 0.15) is 65.9 Å². The molecule has 3 aliphatic heterocycles. The minimum Gasteiger partial charge on any atom is -0.386 e. The number of aliphatic hydroxyl groups excluding tert-OH is 2. The second-order valence-electron chi connectivity index (χ2n) is 10.8. The predicted molar refractivity (Wildman–Crippen MR) is 157 cm³/mol. The van der Waals surface area contributed by atoms with Crippen LogP contribution in [-0.4, -0.2) is 98.1 Å². The van der Waals surface area contributed by atoms with E-state index in [1.54, 1.807) is 0 Å². The molecule has 0 radical (unpaired) electrons. The van der Waals surface area contributed by atoms with Gasteiger partial charge in [-0.3, -0.25) is 27.2 Å². The van der Waals surface area contributed by atoms with E-state index in [9.17, 15) is 19.3 Å². The van der Waals surface area contributed by atoms with Gasteiger partial charge in [0.15, 0.2) is 35.4 Å². The van der Waals surface area contributed by atoms with Crippen molar-refractivity contribution in [2.75, 3.05) is 18.1 Å². The summed E-state index contributed by atoms with van der Waals surface area (Å²) in [4.78, 5) is 24.5. The average molecular weight is 703 g/mol. The molecule has 1 unspecified atom stereocenters. The van der Waals surface area contributed by atoms with Crippen molar-refractivity contribution < 1.29 is 46.9 Å². The summed E-state index contributed by atoms with van der Waals surface area (Å²) in [6.07, 6.45) is -5.20. The van der Waals surface area contributed by atoms with Crippen LogP contribution in [0.25, 0.3) is 22.3 Å². The molecule has 0 amide bonds. The number of thiol groups is 2. The lowest BCUT2D eigenvalue weighted by molar-refractivity contribution is -0.0648. The smallest absolute Gasteiger partial charge is 0.386 e. The van der Waals surface area contributed by atoms with Gasteiger partial charge in [-0.25, -0.2) is 39.0 Å². The maximum Gasteiger partial charge on any atom is 0.386 e. The second-order valence-corrected chi connectivity index (χ2v) is 16.5. The molecule has 4 aromatic heterocycles. The number of fused-ring (bicyclic) bond motifs is 3. The van der Waals surface area contributed by atoms with Crippen molar-refractivity contribution >= 4 is 72.1 Å². The van der Waals surface area contributed by atoms with Gasteiger partial charge in [0.2, 0.25) is 0 Å². The van der Waals surface area contributed by atoms with Gasteiger partial charge < -0.3 is 31.2 Å². The van der Waals surface area contributed by atoms with Gasteiger partial charge in [0.25, 0.3) is 0 Å². The van der Waals surface area contributed by atoms with Crippen LogP contribution in [0.1, 0.15) is 18.9 Å². The van der Waals surface area contributed by atoms with E-state index in [-0.39, 0.29) is 40.4 Å². The number of ether oxygens (including phenoxy) is 2. The average Bonchev–Trinajstić information content (AvgIpc) is 3.36. The Morgan fingerprint density at radius 1 is 0.844 bits per heavy atom. The number of hydrogen-bond acceptors (Lipinski definition) is 18. The van der Waals surface area contributed by atoms with Crippen molar-refractivity contribution in [2.24, 2.45) is 0 Å². The highest BCUT2D eigenvalue weighted by molar-refractivity contribution is 8.44. The fraction of sp³-hybridized carbons (Fsp3) is 0.524. The van der Waals surface area contributed by atoms with Crippen LogP contribution in [0.5, 0.6) is 0 Å². The Labute approximate surface area is 262 Å². The van der Waals surface area contributed by atoms with E-state index in [4.69, 9.17) is 39.0 Å². The zero-order valence-corrected chi connectivity index (χ0v) is 26.1. The molecule has 4 aliphatic rings. The van der Waals surface area contributed by atoms with Crippen LogP contribution in [0.2, 0.25) is 0 Å². The third kappa shape index (κ3) is 4.78. The Kier molecular flexibility index (Phi) is 6.82. The molecule has 3 saturated heterocycles. The quantitative estimate of drug-likeness (QED) is 0.122. The molecule has 20 nitrogen and oxygen atoms in total. The molecule has 24 heteroatoms. The first-order chi connectivity index (χ1) is 21.4. The fourth-order valence-electron chi connectivity index (χ4n) is 5.96. The lowest BCUT2D eigenvalue weighted by Crippen LogP contribution is -2.39. The maximum absolute atomic E-state index is 13.6. The van der Waals surface area contributed by atoms with Crippen LogP contribution in [-0.2, 0) is 36.7 Å². The summed E-state index contributed by atoms with van der Waals surface area (Å²) >= 11 is 8.30. The Hall–Kier alpha value is -2.46. The van der Waals surface area contributed by atoms with Crippen molar-refractivity contribution in [3.05, 3.63) is 25.3 Å². The molecule has 11 atom stereocenters. The van der Waals surface area contributed by atoms with E-state index in [0.717, 1.165) is 0 Å². The molecule has 4 fully saturated rings. The highest BCUT2D eigenvalue weighted by Gasteiger charge is 2.73. The SMILES string of the molecule is Nc1ncnc2c1ncn2[C@@H]1OC2CO[P@@](=O)(S)O[C@H]3[C@@H](O)[C@H](n4cnc5c(N)ncnc54)O[C@@]34C[C@H]4O[P@@](=O)(S)O[C@H]2[C@H]1O. The highest BCUT2D eigenvalue weighted by Crippen LogP contribution is 2.68. The van der Waals surface area contributed by atoms with E-state index < -0.39 is 74.9 Å². The molecule has 8 rings (SSSR count). The Morgan fingerprint density at radius 2 is 1.47 bits per heavy atom. The molecule has 240 valence electrons. The molecule has 0 aromatic carbocycles. The van der Waals surface area contributed by atoms with Crippen molar-refractivity contribution in [3.63, 3.8) is 0 Å². The Balaban J connectivity index is 1.11. The van der Waals surface area contributed by atoms with Crippen LogP contribution in [0.3, 0.4) is 0 Å². The first kappa shape index (κ1) is 29.9. The van der Waals surface area contributed by atoms with E-state index in [1.807, 2.05) is 0 Å². The summed E-state index contributed by atoms with van der Waals surface area (Å²) in [7, 11) is 0. The second kappa shape index (κ2) is 10.3. The molecule has 45 heavy (non-hydrogen) atoms. The third-order valence-electron chi connectivity index (χ3n) is 8.11. The van der Waals surface area contributed by atoms with Gasteiger partial charge in [0.05, 0.1) is 19.3 Å². The first-order valence-corrected chi connectivity index (χ1v) is 18.7. The largest absolute Gasteiger partial charge is 0.386 e. The molecule has 1 spiro atoms. The molecule has 1 saturated carbocycles. The highest BCUT2D eigenvalue weighted by atomic mass is 32.7. The number of nitrogen functional groups attached to an aromatic ring is 2. The van der Waals surface area contributed by atoms with Gasteiger partial charge in [-0.2, -0.15) is 0 Å². The zero-order chi connectivity index (χ0) is 31.5. The van der Waals surface area contributed by atoms with Crippen molar-refractivity contribution in [3.8, 4) is 0 Å². The molecular weight excluding hydrogens is 678 g/mol. The summed E-state index contributed by atoms with van der Waals surface area (Å²) in [5.41, 5.74) is 11.3. The van der Waals surface area contributed by atoms with E-state index >= 15 is 0 Å². The van der Waals surface area contributed by atoms with Gasteiger partial charge >= 0.3 is 13.6 Å². The molecular formula is C21H24N10O10P2S2. The van der Waals surface area contributed by atoms with E-state index in [0.29, 0.717) is 0 Å². The summed E-state index contributed by atoms with van der Waals surface area (Å²) in [6.45, 7) is -9.09. The molecule has 1 aliphatic carbocycles. The summed E-state index contributed by atoms with van der Waals surface area (Å²) in [5.74, 6) is 0.213. The lowest BCUT2D eigenvalue weighted by atomic mass is 10.1. The monoisotopic (exact) mass is 702 g/mol. The van der Waals surface area contributed by atoms with E-state index in [1.165, 1.54) is 34.4 Å². The summed E-state index contributed by atoms with van der Waals surface area (Å²) < 4.78 is 65.2. The molecule has 4 aromatic rings. The van der Waals surface area contributed by atoms with Crippen molar-refractivity contribution in [2.45, 2.75) is 61.1 Å². The standard InChI is InChI=1S/C21H24N10O10P2S2/c22-15-9-17(26-3-24-15)30(5-28-9)19-11(32)13-7(37-19)2-36-42(34,44)41-14-12(33)20(31-6-29-10-16(23)25-4-27-18(10)31)38-21(14)1-8(21)39-43(35,45)40-13/h3-8,11-14,19-20,32-33H,1-2H2,(H,34,44)(H,35,45)(H2,22,24,26)(H2,23,25,27)/t7?,8-,11-,12-,13-,14+,19-,20-,21-,42-,43-/m1/s1. The minimum atomic E-state index is -4.28. The minimum absolute atomic E-state index is 0.0224. The fourth-order valence-corrected chi connectivity index (χ4v) is 9.31. The van der Waals surface area contributed by atoms with Crippen LogP contribution >= 0.6 is 38.1 Å². The number of nitrogens with two attached hydrogens (primary N) is 2. The van der Waals surface area contributed by atoms with Crippen LogP contribution in [0.15, 0.2) is 25.3 Å². The van der Waals surface area contributed by atoms with Crippen molar-refractivity contribution in [1.82, 2.24) is 39.0 Å². The number of rotatable bonds is 2. The number of aliphatic hydroxyl groups is 2. The van der Waals surface area contributed by atoms with Gasteiger partial charge in [-0.15, -0.1) is 0 Å². The topological polar surface area (TPSA) is 269 Å². The predicted octanol–water partition coefficient (Wildman–Crippen LogP) is 0.383. The lowest BCUT2D eigenvalue weighted by Gasteiger charge is -2.28. The first-order valence-electron chi connectivity index (χ1n) is 13.3. The zero-order valence-electron chi connectivity index (χ0n) is 22.5. The number of nitrogens with zero attached hydrogens (tertiary/aromatic N) is 8. The third-order valence-corrected chi connectivity index (χ3v) is 11.3. The van der Waals surface area contributed by atoms with Crippen LogP contribution in [0, 0.1) is 0 Å². The number of anilines is 2. The van der Waals surface area contributed by atoms with Gasteiger partial charge in [-0.1, -0.05) is 24.5 Å². The van der Waals surface area contributed by atoms with Gasteiger partial charge in [-0.05, 0) is 0 Å². The van der Waals surface area contributed by atoms with E-state index in [2.05, 4.69) is 54.4 Å². The number of imidazole rings is 2. The molecule has 6 N–H and O–H groups in total. The number of hydrogen-bond donors (Lipinski definition) is 6.